The molecule has 2 aliphatic heterocycles. The van der Waals surface area contributed by atoms with Crippen LogP contribution in [0.1, 0.15) is 30.0 Å². The van der Waals surface area contributed by atoms with Crippen LogP contribution >= 0.6 is 0 Å². The van der Waals surface area contributed by atoms with Crippen LogP contribution < -0.4 is 9.47 Å². The Labute approximate surface area is 147 Å². The predicted molar refractivity (Wildman–Crippen MR) is 92.6 cm³/mol. The lowest BCUT2D eigenvalue weighted by molar-refractivity contribution is -0.137. The maximum absolute atomic E-state index is 13.1. The number of carbonyl (C=O) groups excluding carboxylic acids is 1. The number of likely N-dealkylation sites (tertiary alicyclic amines) is 1. The molecule has 6 nitrogen and oxygen atoms in total. The fourth-order valence-electron chi connectivity index (χ4n) is 3.86. The predicted octanol–water partition coefficient (Wildman–Crippen LogP) is 2.34. The summed E-state index contributed by atoms with van der Waals surface area (Å²) in [5.74, 6) is 1.67. The van der Waals surface area contributed by atoms with Crippen LogP contribution in [0, 0.1) is 5.92 Å². The number of rotatable bonds is 3. The molecule has 132 valence electrons. The van der Waals surface area contributed by atoms with E-state index in [-0.39, 0.29) is 17.9 Å². The maximum Gasteiger partial charge on any atom is 0.229 e. The summed E-state index contributed by atoms with van der Waals surface area (Å²) < 4.78 is 12.9. The highest BCUT2D eigenvalue weighted by atomic mass is 16.5. The van der Waals surface area contributed by atoms with Gasteiger partial charge in [0, 0.05) is 31.4 Å². The van der Waals surface area contributed by atoms with Gasteiger partial charge in [-0.2, -0.15) is 5.10 Å². The van der Waals surface area contributed by atoms with Crippen LogP contribution in [0.25, 0.3) is 0 Å². The van der Waals surface area contributed by atoms with Gasteiger partial charge in [0.15, 0.2) is 0 Å². The summed E-state index contributed by atoms with van der Waals surface area (Å²) >= 11 is 0. The molecule has 6 heteroatoms. The third-order valence-electron chi connectivity index (χ3n) is 5.18. The highest BCUT2D eigenvalue weighted by Crippen LogP contribution is 2.36. The summed E-state index contributed by atoms with van der Waals surface area (Å²) in [5.41, 5.74) is 2.19. The molecule has 2 aliphatic rings. The van der Waals surface area contributed by atoms with Crippen LogP contribution in [0.4, 0.5) is 0 Å². The van der Waals surface area contributed by atoms with Gasteiger partial charge in [0.05, 0.1) is 25.3 Å². The summed E-state index contributed by atoms with van der Waals surface area (Å²) in [6.45, 7) is 1.24. The van der Waals surface area contributed by atoms with Gasteiger partial charge in [0.1, 0.15) is 18.1 Å². The number of amides is 1. The quantitative estimate of drug-likeness (QED) is 0.860. The number of hydrogen-bond donors (Lipinski definition) is 0. The van der Waals surface area contributed by atoms with E-state index in [1.54, 1.807) is 11.8 Å². The number of carbonyl (C=O) groups is 1. The van der Waals surface area contributed by atoms with E-state index in [0.29, 0.717) is 13.0 Å². The van der Waals surface area contributed by atoms with Gasteiger partial charge in [-0.3, -0.25) is 9.48 Å². The number of nitrogens with zero attached hydrogens (tertiary/aromatic N) is 3. The molecule has 2 unspecified atom stereocenters. The molecule has 1 fully saturated rings. The molecule has 4 rings (SSSR count). The minimum Gasteiger partial charge on any atom is -0.497 e. The van der Waals surface area contributed by atoms with Crippen LogP contribution in [0.3, 0.4) is 0 Å². The van der Waals surface area contributed by atoms with Gasteiger partial charge < -0.3 is 14.4 Å². The lowest BCUT2D eigenvalue weighted by atomic mass is 9.94. The summed E-state index contributed by atoms with van der Waals surface area (Å²) in [5, 5.41) is 4.26. The van der Waals surface area contributed by atoms with E-state index >= 15 is 0 Å². The zero-order chi connectivity index (χ0) is 17.4. The molecule has 1 amide bonds. The first-order chi connectivity index (χ1) is 12.2. The van der Waals surface area contributed by atoms with Crippen molar-refractivity contribution in [3.05, 3.63) is 41.7 Å². The highest BCUT2D eigenvalue weighted by Gasteiger charge is 2.36. The van der Waals surface area contributed by atoms with E-state index in [0.717, 1.165) is 42.0 Å². The van der Waals surface area contributed by atoms with Gasteiger partial charge in [0.25, 0.3) is 0 Å². The Morgan fingerprint density at radius 3 is 3.04 bits per heavy atom. The van der Waals surface area contributed by atoms with E-state index in [9.17, 15) is 4.79 Å². The van der Waals surface area contributed by atoms with Gasteiger partial charge in [-0.25, -0.2) is 0 Å². The summed E-state index contributed by atoms with van der Waals surface area (Å²) in [6, 6.07) is 5.95. The van der Waals surface area contributed by atoms with Crippen molar-refractivity contribution in [1.29, 1.82) is 0 Å². The zero-order valence-electron chi connectivity index (χ0n) is 14.6. The zero-order valence-corrected chi connectivity index (χ0v) is 14.6. The standard InChI is InChI=1S/C19H23N3O3/c1-21-11-15(10-20-21)17-4-3-7-22(17)19(23)14-8-13-5-6-16(24-2)9-18(13)25-12-14/h5-6,9-11,14,17H,3-4,7-8,12H2,1-2H3. The van der Waals surface area contributed by atoms with E-state index in [2.05, 4.69) is 5.10 Å². The van der Waals surface area contributed by atoms with E-state index < -0.39 is 0 Å². The Bertz CT molecular complexity index is 786. The third kappa shape index (κ3) is 2.97. The van der Waals surface area contributed by atoms with Crippen molar-refractivity contribution >= 4 is 5.91 Å². The Morgan fingerprint density at radius 2 is 2.28 bits per heavy atom. The highest BCUT2D eigenvalue weighted by molar-refractivity contribution is 5.80. The van der Waals surface area contributed by atoms with Crippen molar-refractivity contribution in [2.45, 2.75) is 25.3 Å². The van der Waals surface area contributed by atoms with Crippen molar-refractivity contribution in [2.75, 3.05) is 20.3 Å². The third-order valence-corrected chi connectivity index (χ3v) is 5.18. The SMILES string of the molecule is COc1ccc2c(c1)OCC(C(=O)N1CCCC1c1cnn(C)c1)C2. The van der Waals surface area contributed by atoms with Crippen LogP contribution in [0.2, 0.25) is 0 Å². The molecule has 2 atom stereocenters. The van der Waals surface area contributed by atoms with Crippen molar-refractivity contribution < 1.29 is 14.3 Å². The molecule has 0 radical (unpaired) electrons. The number of fused-ring (bicyclic) bond motifs is 1. The summed E-state index contributed by atoms with van der Waals surface area (Å²) in [4.78, 5) is 15.1. The number of aromatic nitrogens is 2. The van der Waals surface area contributed by atoms with E-state index in [1.807, 2.05) is 42.5 Å². The van der Waals surface area contributed by atoms with Gasteiger partial charge in [0.2, 0.25) is 5.91 Å². The molecule has 1 aromatic heterocycles. The molecular formula is C19H23N3O3. The van der Waals surface area contributed by atoms with Gasteiger partial charge >= 0.3 is 0 Å². The lowest BCUT2D eigenvalue weighted by Gasteiger charge is -2.31. The minimum atomic E-state index is -0.127. The molecule has 2 aromatic rings. The molecule has 25 heavy (non-hydrogen) atoms. The van der Waals surface area contributed by atoms with Crippen molar-refractivity contribution in [1.82, 2.24) is 14.7 Å². The molecule has 1 saturated heterocycles. The fourth-order valence-corrected chi connectivity index (χ4v) is 3.86. The molecule has 1 aromatic carbocycles. The van der Waals surface area contributed by atoms with Gasteiger partial charge in [-0.15, -0.1) is 0 Å². The summed E-state index contributed by atoms with van der Waals surface area (Å²) in [7, 11) is 3.55. The normalized spacial score (nSPS) is 22.4. The maximum atomic E-state index is 13.1. The second kappa shape index (κ2) is 6.43. The van der Waals surface area contributed by atoms with Crippen LogP contribution in [0.15, 0.2) is 30.6 Å². The second-order valence-electron chi connectivity index (χ2n) is 6.82. The largest absolute Gasteiger partial charge is 0.497 e. The minimum absolute atomic E-state index is 0.127. The average molecular weight is 341 g/mol. The summed E-state index contributed by atoms with van der Waals surface area (Å²) in [6.07, 6.45) is 6.63. The number of ether oxygens (including phenoxy) is 2. The van der Waals surface area contributed by atoms with Crippen LogP contribution in [0.5, 0.6) is 11.5 Å². The first-order valence-corrected chi connectivity index (χ1v) is 8.74. The number of aryl methyl sites for hydroxylation is 1. The smallest absolute Gasteiger partial charge is 0.229 e. The van der Waals surface area contributed by atoms with Crippen LogP contribution in [-0.2, 0) is 18.3 Å². The Morgan fingerprint density at radius 1 is 1.40 bits per heavy atom. The van der Waals surface area contributed by atoms with E-state index in [1.165, 1.54) is 0 Å². The van der Waals surface area contributed by atoms with E-state index in [4.69, 9.17) is 9.47 Å². The molecule has 0 N–H and O–H groups in total. The first kappa shape index (κ1) is 16.0. The number of hydrogen-bond acceptors (Lipinski definition) is 4. The number of methoxy groups -OCH3 is 1. The van der Waals surface area contributed by atoms with Crippen LogP contribution in [-0.4, -0.2) is 40.8 Å². The van der Waals surface area contributed by atoms with Gasteiger partial charge in [-0.1, -0.05) is 6.07 Å². The Kier molecular flexibility index (Phi) is 4.11. The Balaban J connectivity index is 1.51. The molecule has 0 bridgehead atoms. The fraction of sp³-hybridized carbons (Fsp3) is 0.474. The topological polar surface area (TPSA) is 56.6 Å². The second-order valence-corrected chi connectivity index (χ2v) is 6.82. The lowest BCUT2D eigenvalue weighted by Crippen LogP contribution is -2.40. The van der Waals surface area contributed by atoms with Crippen molar-refractivity contribution in [3.63, 3.8) is 0 Å². The number of benzene rings is 1. The molecule has 0 saturated carbocycles. The average Bonchev–Trinajstić information content (AvgIpc) is 3.28. The molecule has 0 aliphatic carbocycles. The first-order valence-electron chi connectivity index (χ1n) is 8.74. The Hall–Kier alpha value is -2.50. The van der Waals surface area contributed by atoms with Crippen molar-refractivity contribution in [2.24, 2.45) is 13.0 Å². The molecule has 0 spiro atoms. The molecule has 3 heterocycles. The molecular weight excluding hydrogens is 318 g/mol. The van der Waals surface area contributed by atoms with Gasteiger partial charge in [-0.05, 0) is 30.9 Å². The van der Waals surface area contributed by atoms with Crippen molar-refractivity contribution in [3.8, 4) is 11.5 Å². The monoisotopic (exact) mass is 341 g/mol.